The summed E-state index contributed by atoms with van der Waals surface area (Å²) in [5.41, 5.74) is 0.974. The van der Waals surface area contributed by atoms with Crippen molar-refractivity contribution >= 4 is 29.7 Å². The van der Waals surface area contributed by atoms with E-state index in [2.05, 4.69) is 24.1 Å². The van der Waals surface area contributed by atoms with Crippen LogP contribution in [0.1, 0.15) is 47.0 Å². The molecule has 2 rings (SSSR count). The maximum atomic E-state index is 12.3. The van der Waals surface area contributed by atoms with Crippen molar-refractivity contribution in [2.24, 2.45) is 5.92 Å². The standard InChI is InChI=1S/C15H19FN4OS.C7H12.C2H6/c1-4-13(15(21)20(11-17)9-5-7-16)22-14-10-12(19(2)3)6-8-18-14;1-2-3-4-7-5-6-7;1-2/h4-6,8-11,17H,7H2,1-3H3;2-3,7H,4-6H2,1H3;1-2H3/b9-5+,13-4-,17-11?;3-2-;. The molecule has 0 radical (unpaired) electrons. The summed E-state index contributed by atoms with van der Waals surface area (Å²) in [6, 6.07) is 3.74. The van der Waals surface area contributed by atoms with Gasteiger partial charge in [-0.3, -0.25) is 15.1 Å². The largest absolute Gasteiger partial charge is 0.378 e. The third kappa shape index (κ3) is 12.1. The number of alkyl halides is 1. The average molecular weight is 449 g/mol. The second kappa shape index (κ2) is 17.3. The zero-order valence-corrected chi connectivity index (χ0v) is 20.5. The molecule has 0 bridgehead atoms. The molecule has 31 heavy (non-hydrogen) atoms. The van der Waals surface area contributed by atoms with Crippen molar-refractivity contribution in [1.29, 1.82) is 5.41 Å². The van der Waals surface area contributed by atoms with Crippen LogP contribution >= 0.6 is 11.8 Å². The molecule has 0 atom stereocenters. The van der Waals surface area contributed by atoms with Gasteiger partial charge in [0.05, 0.1) is 11.2 Å². The molecule has 0 unspecified atom stereocenters. The van der Waals surface area contributed by atoms with Crippen LogP contribution in [0.25, 0.3) is 0 Å². The van der Waals surface area contributed by atoms with Crippen LogP contribution < -0.4 is 4.90 Å². The Morgan fingerprint density at radius 3 is 2.45 bits per heavy atom. The number of nitrogens with zero attached hydrogens (tertiary/aromatic N) is 3. The van der Waals surface area contributed by atoms with Gasteiger partial charge in [-0.1, -0.05) is 43.8 Å². The maximum absolute atomic E-state index is 12.3. The monoisotopic (exact) mass is 448 g/mol. The first-order valence-corrected chi connectivity index (χ1v) is 11.4. The molecule has 1 heterocycles. The van der Waals surface area contributed by atoms with Gasteiger partial charge in [-0.2, -0.15) is 0 Å². The van der Waals surface area contributed by atoms with E-state index in [1.165, 1.54) is 43.3 Å². The highest BCUT2D eigenvalue weighted by atomic mass is 32.2. The molecule has 1 aliphatic carbocycles. The van der Waals surface area contributed by atoms with Crippen LogP contribution in [0, 0.1) is 11.3 Å². The van der Waals surface area contributed by atoms with Crippen molar-refractivity contribution in [3.63, 3.8) is 0 Å². The zero-order chi connectivity index (χ0) is 23.6. The number of amides is 1. The first kappa shape index (κ1) is 28.6. The highest BCUT2D eigenvalue weighted by molar-refractivity contribution is 8.04. The van der Waals surface area contributed by atoms with Gasteiger partial charge in [0.15, 0.2) is 0 Å². The highest BCUT2D eigenvalue weighted by Crippen LogP contribution is 2.32. The molecule has 0 saturated heterocycles. The summed E-state index contributed by atoms with van der Waals surface area (Å²) in [6.45, 7) is 7.13. The minimum Gasteiger partial charge on any atom is -0.378 e. The van der Waals surface area contributed by atoms with E-state index in [0.29, 0.717) is 9.93 Å². The molecular weight excluding hydrogens is 411 g/mol. The summed E-state index contributed by atoms with van der Waals surface area (Å²) < 4.78 is 12.2. The summed E-state index contributed by atoms with van der Waals surface area (Å²) >= 11 is 1.21. The van der Waals surface area contributed by atoms with Gasteiger partial charge in [0.1, 0.15) is 11.7 Å². The third-order valence-corrected chi connectivity index (χ3v) is 5.12. The fourth-order valence-corrected chi connectivity index (χ4v) is 3.03. The minimum atomic E-state index is -0.692. The number of allylic oxidation sites excluding steroid dienone is 4. The number of nitrogens with one attached hydrogen (secondary N) is 1. The first-order chi connectivity index (χ1) is 15.0. The van der Waals surface area contributed by atoms with E-state index in [0.717, 1.165) is 22.8 Å². The number of rotatable bonds is 9. The minimum absolute atomic E-state index is 0.399. The number of hydrogen-bond donors (Lipinski definition) is 1. The highest BCUT2D eigenvalue weighted by Gasteiger charge is 2.18. The first-order valence-electron chi connectivity index (χ1n) is 10.6. The molecule has 1 saturated carbocycles. The van der Waals surface area contributed by atoms with E-state index in [4.69, 9.17) is 5.41 Å². The van der Waals surface area contributed by atoms with E-state index < -0.39 is 12.6 Å². The van der Waals surface area contributed by atoms with Crippen molar-refractivity contribution in [2.75, 3.05) is 25.7 Å². The van der Waals surface area contributed by atoms with Gasteiger partial charge in [0, 0.05) is 32.2 Å². The fraction of sp³-hybridized carbons (Fsp3) is 0.458. The van der Waals surface area contributed by atoms with E-state index in [-0.39, 0.29) is 0 Å². The molecule has 172 valence electrons. The van der Waals surface area contributed by atoms with Crippen LogP contribution in [-0.2, 0) is 4.79 Å². The Kier molecular flexibility index (Phi) is 15.9. The average Bonchev–Trinajstić information content (AvgIpc) is 3.63. The molecular formula is C24H37FN4OS. The number of carbonyl (C=O) groups is 1. The van der Waals surface area contributed by atoms with E-state index in [1.54, 1.807) is 19.2 Å². The smallest absolute Gasteiger partial charge is 0.269 e. The fourth-order valence-electron chi connectivity index (χ4n) is 2.20. The lowest BCUT2D eigenvalue weighted by Crippen LogP contribution is -2.24. The number of halogens is 1. The lowest BCUT2D eigenvalue weighted by Gasteiger charge is -2.15. The zero-order valence-electron chi connectivity index (χ0n) is 19.6. The van der Waals surface area contributed by atoms with Crippen molar-refractivity contribution in [3.8, 4) is 0 Å². The van der Waals surface area contributed by atoms with Gasteiger partial charge in [-0.05, 0) is 57.2 Å². The molecule has 1 aromatic rings. The van der Waals surface area contributed by atoms with Gasteiger partial charge < -0.3 is 4.90 Å². The predicted octanol–water partition coefficient (Wildman–Crippen LogP) is 6.45. The molecule has 1 amide bonds. The van der Waals surface area contributed by atoms with Crippen LogP contribution in [0.3, 0.4) is 0 Å². The Labute approximate surface area is 191 Å². The van der Waals surface area contributed by atoms with Crippen LogP contribution in [-0.4, -0.2) is 42.9 Å². The number of thioether (sulfide) groups is 1. The molecule has 7 heteroatoms. The Hall–Kier alpha value is -2.41. The van der Waals surface area contributed by atoms with E-state index in [1.807, 2.05) is 45.0 Å². The van der Waals surface area contributed by atoms with Gasteiger partial charge in [-0.15, -0.1) is 0 Å². The van der Waals surface area contributed by atoms with E-state index in [9.17, 15) is 9.18 Å². The number of carbonyl (C=O) groups excluding carboxylic acids is 1. The topological polar surface area (TPSA) is 60.3 Å². The van der Waals surface area contributed by atoms with Crippen molar-refractivity contribution < 1.29 is 9.18 Å². The molecule has 0 aromatic carbocycles. The Balaban J connectivity index is 0.000000831. The van der Waals surface area contributed by atoms with Crippen molar-refractivity contribution in [3.05, 3.63) is 53.7 Å². The second-order valence-corrected chi connectivity index (χ2v) is 7.69. The SMILES string of the molecule is C/C=C(\Sc1cc(N(C)C)ccn1)C(=O)N(C=N)/C=C/CF.C/C=C\CC1CC1.CC. The number of anilines is 1. The number of pyridine rings is 1. The number of hydrogen-bond acceptors (Lipinski definition) is 5. The van der Waals surface area contributed by atoms with Gasteiger partial charge in [-0.25, -0.2) is 9.37 Å². The summed E-state index contributed by atoms with van der Waals surface area (Å²) in [4.78, 5) is 19.9. The number of aromatic nitrogens is 1. The van der Waals surface area contributed by atoms with Gasteiger partial charge in [0.25, 0.3) is 5.91 Å². The molecule has 1 aliphatic rings. The van der Waals surface area contributed by atoms with Crippen molar-refractivity contribution in [2.45, 2.75) is 52.0 Å². The molecule has 1 fully saturated rings. The lowest BCUT2D eigenvalue weighted by molar-refractivity contribution is -0.120. The van der Waals surface area contributed by atoms with Crippen LogP contribution in [0.4, 0.5) is 10.1 Å². The Morgan fingerprint density at radius 1 is 1.29 bits per heavy atom. The molecule has 5 nitrogen and oxygen atoms in total. The summed E-state index contributed by atoms with van der Waals surface area (Å²) in [5.74, 6) is 0.667. The lowest BCUT2D eigenvalue weighted by atomic mass is 10.3. The Bertz CT molecular complexity index is 743. The Morgan fingerprint density at radius 2 is 1.97 bits per heavy atom. The molecule has 0 aliphatic heterocycles. The van der Waals surface area contributed by atoms with Crippen LogP contribution in [0.5, 0.6) is 0 Å². The molecule has 1 N–H and O–H groups in total. The molecule has 0 spiro atoms. The van der Waals surface area contributed by atoms with Crippen molar-refractivity contribution in [1.82, 2.24) is 9.88 Å². The quantitative estimate of drug-likeness (QED) is 0.155. The second-order valence-electron chi connectivity index (χ2n) is 6.63. The maximum Gasteiger partial charge on any atom is 0.269 e. The normalized spacial score (nSPS) is 13.2. The van der Waals surface area contributed by atoms with Gasteiger partial charge in [0.2, 0.25) is 0 Å². The summed E-state index contributed by atoms with van der Waals surface area (Å²) in [5, 5.41) is 7.93. The summed E-state index contributed by atoms with van der Waals surface area (Å²) in [6.07, 6.45) is 15.3. The molecule has 1 aromatic heterocycles. The van der Waals surface area contributed by atoms with Crippen LogP contribution in [0.2, 0.25) is 0 Å². The predicted molar refractivity (Wildman–Crippen MR) is 132 cm³/mol. The third-order valence-electron chi connectivity index (χ3n) is 4.05. The van der Waals surface area contributed by atoms with Gasteiger partial charge >= 0.3 is 0 Å². The van der Waals surface area contributed by atoms with Crippen LogP contribution in [0.15, 0.2) is 58.8 Å². The van der Waals surface area contributed by atoms with E-state index >= 15 is 0 Å². The summed E-state index contributed by atoms with van der Waals surface area (Å²) in [7, 11) is 3.84.